The lowest BCUT2D eigenvalue weighted by Crippen LogP contribution is -2.50. The quantitative estimate of drug-likeness (QED) is 0.219. The summed E-state index contributed by atoms with van der Waals surface area (Å²) in [5.41, 5.74) is 3.86. The molecule has 3 aromatic rings. The molecule has 3 aromatic carbocycles. The van der Waals surface area contributed by atoms with Gasteiger partial charge in [0.05, 0.1) is 22.8 Å². The number of methoxy groups -OCH3 is 1. The summed E-state index contributed by atoms with van der Waals surface area (Å²) in [7, 11) is 1.42. The Morgan fingerprint density at radius 3 is 2.49 bits per heavy atom. The molecule has 0 unspecified atom stereocenters. The minimum atomic E-state index is -0.949. The van der Waals surface area contributed by atoms with Gasteiger partial charge in [-0.25, -0.2) is 5.43 Å². The zero-order chi connectivity index (χ0) is 26.9. The number of aromatic hydroxyl groups is 1. The molecule has 0 saturated carbocycles. The number of ether oxygens (including phenoxy) is 2. The van der Waals surface area contributed by atoms with Gasteiger partial charge in [-0.2, -0.15) is 5.10 Å². The lowest BCUT2D eigenvalue weighted by Gasteiger charge is -2.21. The lowest BCUT2D eigenvalue weighted by molar-refractivity contribution is -0.132. The number of carbonyl (C=O) groups is 2. The van der Waals surface area contributed by atoms with Crippen molar-refractivity contribution >= 4 is 57.2 Å². The fourth-order valence-corrected chi connectivity index (χ4v) is 4.15. The molecule has 3 rings (SSSR count). The Labute approximate surface area is 232 Å². The zero-order valence-electron chi connectivity index (χ0n) is 19.9. The van der Waals surface area contributed by atoms with E-state index in [0.717, 1.165) is 5.56 Å². The van der Waals surface area contributed by atoms with Crippen molar-refractivity contribution in [1.29, 1.82) is 0 Å². The van der Waals surface area contributed by atoms with Crippen LogP contribution in [0.1, 0.15) is 18.1 Å². The maximum absolute atomic E-state index is 13.0. The van der Waals surface area contributed by atoms with Gasteiger partial charge in [0.1, 0.15) is 11.8 Å². The van der Waals surface area contributed by atoms with E-state index in [1.807, 2.05) is 30.3 Å². The first kappa shape index (κ1) is 28.3. The summed E-state index contributed by atoms with van der Waals surface area (Å²) in [6.45, 7) is 1.55. The topological polar surface area (TPSA) is 109 Å². The van der Waals surface area contributed by atoms with Crippen LogP contribution in [-0.2, 0) is 16.0 Å². The molecule has 194 valence electrons. The molecular weight excluding hydrogens is 585 g/mol. The number of hydrogen-bond donors (Lipinski definition) is 3. The number of halogens is 3. The summed E-state index contributed by atoms with van der Waals surface area (Å²) in [4.78, 5) is 25.9. The van der Waals surface area contributed by atoms with Gasteiger partial charge in [-0.3, -0.25) is 9.59 Å². The van der Waals surface area contributed by atoms with Crippen LogP contribution in [0.3, 0.4) is 0 Å². The Morgan fingerprint density at radius 1 is 1.08 bits per heavy atom. The van der Waals surface area contributed by atoms with Crippen LogP contribution < -0.4 is 20.2 Å². The molecular formula is C26H24BrCl2N3O5. The fraction of sp³-hybridized carbons (Fsp3) is 0.192. The zero-order valence-corrected chi connectivity index (χ0v) is 23.0. The van der Waals surface area contributed by atoms with Crippen LogP contribution in [0.15, 0.2) is 70.2 Å². The molecule has 0 aliphatic heterocycles. The van der Waals surface area contributed by atoms with Crippen LogP contribution in [0.2, 0.25) is 10.0 Å². The molecule has 0 bridgehead atoms. The summed E-state index contributed by atoms with van der Waals surface area (Å²) in [5, 5.41) is 17.4. The van der Waals surface area contributed by atoms with E-state index in [1.54, 1.807) is 31.2 Å². The molecule has 3 N–H and O–H groups in total. The molecule has 2 atom stereocenters. The van der Waals surface area contributed by atoms with E-state index >= 15 is 0 Å². The second-order valence-electron chi connectivity index (χ2n) is 7.87. The number of carbonyl (C=O) groups excluding carboxylic acids is 2. The van der Waals surface area contributed by atoms with E-state index in [0.29, 0.717) is 15.1 Å². The Hall–Kier alpha value is -3.27. The summed E-state index contributed by atoms with van der Waals surface area (Å²) in [6.07, 6.45) is 0.663. The summed E-state index contributed by atoms with van der Waals surface area (Å²) in [5.74, 6) is -0.567. The molecule has 0 aliphatic rings. The van der Waals surface area contributed by atoms with Crippen LogP contribution in [0.25, 0.3) is 0 Å². The predicted octanol–water partition coefficient (Wildman–Crippen LogP) is 5.12. The van der Waals surface area contributed by atoms with Gasteiger partial charge in [-0.1, -0.05) is 53.5 Å². The fourth-order valence-electron chi connectivity index (χ4n) is 3.24. The van der Waals surface area contributed by atoms with Crippen molar-refractivity contribution in [1.82, 2.24) is 10.7 Å². The van der Waals surface area contributed by atoms with E-state index in [9.17, 15) is 14.7 Å². The highest BCUT2D eigenvalue weighted by molar-refractivity contribution is 9.10. The van der Waals surface area contributed by atoms with Gasteiger partial charge < -0.3 is 19.9 Å². The van der Waals surface area contributed by atoms with E-state index in [4.69, 9.17) is 32.7 Å². The molecule has 11 heteroatoms. The van der Waals surface area contributed by atoms with Crippen molar-refractivity contribution in [2.24, 2.45) is 5.10 Å². The number of phenolic OH excluding ortho intramolecular Hbond substituents is 1. The second kappa shape index (κ2) is 13.3. The van der Waals surface area contributed by atoms with Crippen LogP contribution in [-0.4, -0.2) is 42.4 Å². The minimum Gasteiger partial charge on any atom is -0.503 e. The summed E-state index contributed by atoms with van der Waals surface area (Å²) >= 11 is 15.3. The first-order valence-corrected chi connectivity index (χ1v) is 12.6. The van der Waals surface area contributed by atoms with Crippen molar-refractivity contribution in [3.05, 3.63) is 86.3 Å². The third kappa shape index (κ3) is 8.11. The van der Waals surface area contributed by atoms with Gasteiger partial charge in [-0.05, 0) is 64.3 Å². The van der Waals surface area contributed by atoms with Gasteiger partial charge in [0.2, 0.25) is 0 Å². The molecule has 0 spiro atoms. The van der Waals surface area contributed by atoms with Gasteiger partial charge in [0, 0.05) is 11.4 Å². The lowest BCUT2D eigenvalue weighted by atomic mass is 10.1. The SMILES string of the molecule is COc1cc(/C=N\NC(=O)[C@@H](Cc2ccccc2)NC(=O)[C@@H](C)Oc2ccc(Cl)cc2Cl)cc(Br)c1O. The number of benzene rings is 3. The minimum absolute atomic E-state index is 0.0504. The summed E-state index contributed by atoms with van der Waals surface area (Å²) in [6, 6.07) is 16.1. The maximum atomic E-state index is 13.0. The van der Waals surface area contributed by atoms with Crippen molar-refractivity contribution in [2.75, 3.05) is 7.11 Å². The Morgan fingerprint density at radius 2 is 1.81 bits per heavy atom. The van der Waals surface area contributed by atoms with E-state index < -0.39 is 24.0 Å². The first-order valence-electron chi connectivity index (χ1n) is 11.0. The molecule has 0 heterocycles. The summed E-state index contributed by atoms with van der Waals surface area (Å²) < 4.78 is 11.2. The van der Waals surface area contributed by atoms with E-state index in [1.165, 1.54) is 19.4 Å². The molecule has 0 saturated heterocycles. The number of amides is 2. The maximum Gasteiger partial charge on any atom is 0.262 e. The largest absolute Gasteiger partial charge is 0.503 e. The van der Waals surface area contributed by atoms with Crippen molar-refractivity contribution in [3.63, 3.8) is 0 Å². The number of hydrazone groups is 1. The molecule has 37 heavy (non-hydrogen) atoms. The van der Waals surface area contributed by atoms with Gasteiger partial charge in [0.15, 0.2) is 17.6 Å². The van der Waals surface area contributed by atoms with Gasteiger partial charge in [-0.15, -0.1) is 0 Å². The van der Waals surface area contributed by atoms with Gasteiger partial charge >= 0.3 is 0 Å². The van der Waals surface area contributed by atoms with Crippen LogP contribution >= 0.6 is 39.1 Å². The predicted molar refractivity (Wildman–Crippen MR) is 147 cm³/mol. The number of nitrogens with zero attached hydrogens (tertiary/aromatic N) is 1. The Balaban J connectivity index is 1.71. The molecule has 0 radical (unpaired) electrons. The Bertz CT molecular complexity index is 1290. The number of rotatable bonds is 10. The molecule has 2 amide bonds. The number of hydrogen-bond acceptors (Lipinski definition) is 6. The average molecular weight is 609 g/mol. The first-order chi connectivity index (χ1) is 17.7. The smallest absolute Gasteiger partial charge is 0.262 e. The van der Waals surface area contributed by atoms with Crippen LogP contribution in [0.5, 0.6) is 17.2 Å². The van der Waals surface area contributed by atoms with Crippen molar-refractivity contribution in [2.45, 2.75) is 25.5 Å². The third-order valence-corrected chi connectivity index (χ3v) is 6.28. The molecule has 0 aromatic heterocycles. The normalized spacial score (nSPS) is 12.6. The van der Waals surface area contributed by atoms with Crippen LogP contribution in [0, 0.1) is 0 Å². The average Bonchev–Trinajstić information content (AvgIpc) is 2.87. The second-order valence-corrected chi connectivity index (χ2v) is 9.57. The number of nitrogens with one attached hydrogen (secondary N) is 2. The molecule has 8 nitrogen and oxygen atoms in total. The third-order valence-electron chi connectivity index (χ3n) is 5.14. The Kier molecular flexibility index (Phi) is 10.2. The monoisotopic (exact) mass is 607 g/mol. The highest BCUT2D eigenvalue weighted by atomic mass is 79.9. The van der Waals surface area contributed by atoms with Crippen molar-refractivity contribution < 1.29 is 24.2 Å². The highest BCUT2D eigenvalue weighted by Gasteiger charge is 2.25. The van der Waals surface area contributed by atoms with Gasteiger partial charge in [0.25, 0.3) is 11.8 Å². The molecule has 0 fully saturated rings. The van der Waals surface area contributed by atoms with E-state index in [-0.39, 0.29) is 28.7 Å². The molecule has 0 aliphatic carbocycles. The highest BCUT2D eigenvalue weighted by Crippen LogP contribution is 2.34. The number of phenols is 1. The van der Waals surface area contributed by atoms with Crippen molar-refractivity contribution in [3.8, 4) is 17.2 Å². The van der Waals surface area contributed by atoms with E-state index in [2.05, 4.69) is 31.8 Å². The van der Waals surface area contributed by atoms with Crippen LogP contribution in [0.4, 0.5) is 0 Å². The standard InChI is InChI=1S/C26H24BrCl2N3O5/c1-15(37-22-9-8-18(28)13-20(22)29)25(34)31-21(11-16-6-4-3-5-7-16)26(35)32-30-14-17-10-19(27)24(33)23(12-17)36-2/h3-10,12-15,21,33H,11H2,1-2H3,(H,31,34)(H,32,35)/b30-14-/t15-,21-/m1/s1.